The molecule has 0 bridgehead atoms. The van der Waals surface area contributed by atoms with Gasteiger partial charge in [-0.1, -0.05) is 23.7 Å². The minimum absolute atomic E-state index is 0.149. The number of fused-ring (bicyclic) bond motifs is 2. The van der Waals surface area contributed by atoms with Gasteiger partial charge in [0.15, 0.2) is 0 Å². The number of benzene rings is 1. The van der Waals surface area contributed by atoms with Gasteiger partial charge in [-0.15, -0.1) is 0 Å². The van der Waals surface area contributed by atoms with E-state index in [1.54, 1.807) is 4.90 Å². The van der Waals surface area contributed by atoms with Crippen LogP contribution in [0.4, 0.5) is 15.9 Å². The first-order valence-electron chi connectivity index (χ1n) is 15.5. The highest BCUT2D eigenvalue weighted by Gasteiger charge is 2.35. The molecule has 0 unspecified atom stereocenters. The number of halogens is 2. The van der Waals surface area contributed by atoms with E-state index >= 15 is 0 Å². The smallest absolute Gasteiger partial charge is 0.318 e. The van der Waals surface area contributed by atoms with Crippen LogP contribution in [0, 0.1) is 6.57 Å². The van der Waals surface area contributed by atoms with Crippen LogP contribution in [0.1, 0.15) is 31.0 Å². The summed E-state index contributed by atoms with van der Waals surface area (Å²) in [5.74, 6) is 0.509. The Morgan fingerprint density at radius 1 is 1.24 bits per heavy atom. The summed E-state index contributed by atoms with van der Waals surface area (Å²) in [5, 5.41) is 2.62. The Kier molecular flexibility index (Phi) is 9.33. The van der Waals surface area contributed by atoms with E-state index in [0.29, 0.717) is 56.3 Å². The van der Waals surface area contributed by atoms with Crippen molar-refractivity contribution in [3.05, 3.63) is 70.4 Å². The monoisotopic (exact) mass is 632 g/mol. The maximum absolute atomic E-state index is 12.8. The Morgan fingerprint density at radius 3 is 2.87 bits per heavy atom. The number of aromatic nitrogens is 3. The Balaban J connectivity index is 1.31. The lowest BCUT2D eigenvalue weighted by molar-refractivity contribution is -0.128. The number of hydrogen-bond acceptors (Lipinski definition) is 8. The molecule has 1 saturated heterocycles. The summed E-state index contributed by atoms with van der Waals surface area (Å²) in [6.07, 6.45) is 9.27. The highest BCUT2D eigenvalue weighted by atomic mass is 35.5. The fourth-order valence-corrected chi connectivity index (χ4v) is 6.61. The molecule has 6 rings (SSSR count). The number of likely N-dealkylation sites (N-methyl/N-ethyl adjacent to an activating group) is 1. The molecular weight excluding hydrogens is 595 g/mol. The number of ether oxygens (including phenoxy) is 1. The topological polar surface area (TPSA) is 82.3 Å². The van der Waals surface area contributed by atoms with Crippen LogP contribution in [0.3, 0.4) is 0 Å². The third-order valence-electron chi connectivity index (χ3n) is 9.06. The van der Waals surface area contributed by atoms with Crippen LogP contribution in [0.25, 0.3) is 15.6 Å². The number of piperazine rings is 1. The SMILES string of the molecule is [C-]#[N+]C[C@H]1CN(c2nc(OC[C@H](C)N(C)C3CC3)nc3c2CCN(c2cncc4cccc(Cl)c24)C3)CCN1C(=O)/C=C/CF. The summed E-state index contributed by atoms with van der Waals surface area (Å²) in [5.41, 5.74) is 2.87. The molecule has 0 radical (unpaired) electrons. The summed E-state index contributed by atoms with van der Waals surface area (Å²) >= 11 is 6.68. The minimum Gasteiger partial charge on any atom is -0.462 e. The highest BCUT2D eigenvalue weighted by molar-refractivity contribution is 6.36. The quantitative estimate of drug-likeness (QED) is 0.238. The molecule has 2 aromatic heterocycles. The first kappa shape index (κ1) is 31.0. The van der Waals surface area contributed by atoms with Crippen molar-refractivity contribution in [1.29, 1.82) is 0 Å². The number of carbonyl (C=O) groups is 1. The number of allylic oxidation sites excluding steroid dienone is 1. The number of rotatable bonds is 10. The zero-order valence-corrected chi connectivity index (χ0v) is 26.5. The molecule has 0 spiro atoms. The molecule has 0 N–H and O–H groups in total. The highest BCUT2D eigenvalue weighted by Crippen LogP contribution is 2.37. The van der Waals surface area contributed by atoms with E-state index in [4.69, 9.17) is 32.9 Å². The lowest BCUT2D eigenvalue weighted by Gasteiger charge is -2.41. The van der Waals surface area contributed by atoms with Crippen LogP contribution < -0.4 is 14.5 Å². The van der Waals surface area contributed by atoms with Gasteiger partial charge in [0.2, 0.25) is 12.5 Å². The minimum atomic E-state index is -0.706. The number of hydrogen-bond donors (Lipinski definition) is 0. The molecular formula is C33H38ClFN8O2. The summed E-state index contributed by atoms with van der Waals surface area (Å²) in [7, 11) is 2.13. The van der Waals surface area contributed by atoms with Gasteiger partial charge >= 0.3 is 6.01 Å². The predicted molar refractivity (Wildman–Crippen MR) is 174 cm³/mol. The van der Waals surface area contributed by atoms with Gasteiger partial charge in [-0.2, -0.15) is 9.97 Å². The van der Waals surface area contributed by atoms with Crippen molar-refractivity contribution in [2.24, 2.45) is 0 Å². The van der Waals surface area contributed by atoms with Crippen LogP contribution in [-0.4, -0.2) is 102 Å². The molecule has 236 valence electrons. The second-order valence-electron chi connectivity index (χ2n) is 12.0. The Hall–Kier alpha value is -4.01. The van der Waals surface area contributed by atoms with Crippen LogP contribution in [0.2, 0.25) is 5.02 Å². The lowest BCUT2D eigenvalue weighted by atomic mass is 10.0. The van der Waals surface area contributed by atoms with Gasteiger partial charge in [-0.05, 0) is 45.4 Å². The van der Waals surface area contributed by atoms with Gasteiger partial charge in [-0.3, -0.25) is 14.7 Å². The van der Waals surface area contributed by atoms with Gasteiger partial charge in [0.25, 0.3) is 0 Å². The zero-order valence-electron chi connectivity index (χ0n) is 25.7. The normalized spacial score (nSPS) is 19.2. The Labute approximate surface area is 268 Å². The number of pyridine rings is 1. The third kappa shape index (κ3) is 6.67. The van der Waals surface area contributed by atoms with E-state index in [1.165, 1.54) is 25.0 Å². The first-order valence-corrected chi connectivity index (χ1v) is 15.9. The average molecular weight is 633 g/mol. The predicted octanol–water partition coefficient (Wildman–Crippen LogP) is 4.56. The second-order valence-corrected chi connectivity index (χ2v) is 12.4. The van der Waals surface area contributed by atoms with E-state index in [1.807, 2.05) is 30.6 Å². The molecule has 1 amide bonds. The van der Waals surface area contributed by atoms with Crippen LogP contribution in [0.5, 0.6) is 6.01 Å². The van der Waals surface area contributed by atoms with Crippen molar-refractivity contribution in [2.75, 3.05) is 62.9 Å². The Morgan fingerprint density at radius 2 is 2.09 bits per heavy atom. The molecule has 2 fully saturated rings. The molecule has 2 aliphatic heterocycles. The van der Waals surface area contributed by atoms with E-state index in [9.17, 15) is 9.18 Å². The van der Waals surface area contributed by atoms with Crippen molar-refractivity contribution in [3.63, 3.8) is 0 Å². The number of carbonyl (C=O) groups excluding carboxylic acids is 1. The molecule has 10 nitrogen and oxygen atoms in total. The summed E-state index contributed by atoms with van der Waals surface area (Å²) in [6.45, 7) is 12.2. The van der Waals surface area contributed by atoms with Crippen LogP contribution in [0.15, 0.2) is 42.7 Å². The van der Waals surface area contributed by atoms with Crippen molar-refractivity contribution < 1.29 is 13.9 Å². The van der Waals surface area contributed by atoms with E-state index < -0.39 is 6.67 Å². The van der Waals surface area contributed by atoms with Gasteiger partial charge in [0, 0.05) is 66.9 Å². The number of nitrogens with zero attached hydrogens (tertiary/aromatic N) is 8. The van der Waals surface area contributed by atoms with Crippen molar-refractivity contribution >= 4 is 39.8 Å². The fraction of sp³-hybridized carbons (Fsp3) is 0.485. The fourth-order valence-electron chi connectivity index (χ4n) is 6.33. The van der Waals surface area contributed by atoms with E-state index in [2.05, 4.69) is 38.5 Å². The largest absolute Gasteiger partial charge is 0.462 e. The van der Waals surface area contributed by atoms with Gasteiger partial charge < -0.3 is 24.3 Å². The summed E-state index contributed by atoms with van der Waals surface area (Å²) in [4.78, 5) is 39.2. The number of anilines is 2. The third-order valence-corrected chi connectivity index (χ3v) is 9.38. The second kappa shape index (κ2) is 13.5. The lowest BCUT2D eigenvalue weighted by Crippen LogP contribution is -2.56. The standard InChI is InChI=1S/C33H38ClFN8O2/c1-22(40(3)24-9-10-24)21-45-33-38-28-20-41(29-18-37-16-23-6-4-7-27(34)31(23)29)13-11-26(28)32(39-33)42-14-15-43(25(19-42)17-36-2)30(44)8-5-12-35/h4-8,16,18,22,24-25H,9-15,17,19-21H2,1,3H3/b8-5+/t22-,25-/m0/s1. The van der Waals surface area contributed by atoms with Gasteiger partial charge in [-0.25, -0.2) is 11.0 Å². The van der Waals surface area contributed by atoms with Crippen LogP contribution in [-0.2, 0) is 17.8 Å². The molecule has 2 atom stereocenters. The molecule has 1 saturated carbocycles. The van der Waals surface area contributed by atoms with Crippen LogP contribution >= 0.6 is 11.6 Å². The maximum atomic E-state index is 12.8. The molecule has 3 aromatic rings. The molecule has 45 heavy (non-hydrogen) atoms. The van der Waals surface area contributed by atoms with Crippen molar-refractivity contribution in [1.82, 2.24) is 24.8 Å². The Bertz CT molecular complexity index is 1620. The van der Waals surface area contributed by atoms with Gasteiger partial charge in [0.05, 0.1) is 29.1 Å². The van der Waals surface area contributed by atoms with E-state index in [0.717, 1.165) is 40.1 Å². The van der Waals surface area contributed by atoms with Gasteiger partial charge in [0.1, 0.15) is 25.1 Å². The van der Waals surface area contributed by atoms with Crippen molar-refractivity contribution in [2.45, 2.75) is 50.9 Å². The van der Waals surface area contributed by atoms with E-state index in [-0.39, 0.29) is 24.5 Å². The molecule has 1 aliphatic carbocycles. The summed E-state index contributed by atoms with van der Waals surface area (Å²) < 4.78 is 19.0. The van der Waals surface area contributed by atoms with Crippen molar-refractivity contribution in [3.8, 4) is 6.01 Å². The summed E-state index contributed by atoms with van der Waals surface area (Å²) in [6, 6.07) is 6.62. The molecule has 1 aromatic carbocycles. The molecule has 4 heterocycles. The number of alkyl halides is 1. The maximum Gasteiger partial charge on any atom is 0.318 e. The molecule has 12 heteroatoms. The zero-order chi connectivity index (χ0) is 31.5. The first-order chi connectivity index (χ1) is 21.9. The average Bonchev–Trinajstić information content (AvgIpc) is 3.91. The molecule has 3 aliphatic rings. The number of amides is 1.